The summed E-state index contributed by atoms with van der Waals surface area (Å²) >= 11 is 0. The molecule has 0 saturated heterocycles. The smallest absolute Gasteiger partial charge is 0.111 e. The van der Waals surface area contributed by atoms with Gasteiger partial charge in [0.2, 0.25) is 0 Å². The van der Waals surface area contributed by atoms with Gasteiger partial charge in [-0.2, -0.15) is 0 Å². The molecule has 0 radical (unpaired) electrons. The monoisotopic (exact) mass is 244 g/mol. The Bertz CT molecular complexity index is 454. The zero-order valence-electron chi connectivity index (χ0n) is 11.2. The minimum Gasteiger partial charge on any atom is -0.244 e. The van der Waals surface area contributed by atoms with Gasteiger partial charge in [-0.25, -0.2) is 4.39 Å². The highest BCUT2D eigenvalue weighted by molar-refractivity contribution is 5.19. The lowest BCUT2D eigenvalue weighted by Crippen LogP contribution is -2.19. The van der Waals surface area contributed by atoms with Crippen LogP contribution in [-0.2, 0) is 6.42 Å². The van der Waals surface area contributed by atoms with Gasteiger partial charge in [-0.3, -0.25) is 0 Å². The molecule has 0 aromatic heterocycles. The third kappa shape index (κ3) is 3.11. The van der Waals surface area contributed by atoms with E-state index < -0.39 is 5.67 Å². The van der Waals surface area contributed by atoms with E-state index >= 15 is 0 Å². The predicted molar refractivity (Wildman–Crippen MR) is 74.2 cm³/mol. The zero-order chi connectivity index (χ0) is 13.2. The molecular formula is C17H21F. The van der Waals surface area contributed by atoms with Crippen LogP contribution < -0.4 is 0 Å². The Labute approximate surface area is 109 Å². The number of benzene rings is 1. The Morgan fingerprint density at radius 2 is 2.11 bits per heavy atom. The fourth-order valence-electron chi connectivity index (χ4n) is 2.76. The molecule has 1 fully saturated rings. The largest absolute Gasteiger partial charge is 0.244 e. The summed E-state index contributed by atoms with van der Waals surface area (Å²) in [6, 6.07) is 10.4. The second-order valence-electron chi connectivity index (χ2n) is 6.05. The van der Waals surface area contributed by atoms with E-state index in [2.05, 4.69) is 31.4 Å². The molecule has 1 heteroatoms. The molecule has 0 spiro atoms. The van der Waals surface area contributed by atoms with Crippen molar-refractivity contribution < 1.29 is 4.39 Å². The van der Waals surface area contributed by atoms with Gasteiger partial charge in [0.25, 0.3) is 0 Å². The van der Waals surface area contributed by atoms with Crippen molar-refractivity contribution in [2.75, 3.05) is 0 Å². The van der Waals surface area contributed by atoms with E-state index in [0.717, 1.165) is 12.8 Å². The molecule has 1 aliphatic carbocycles. The van der Waals surface area contributed by atoms with Crippen molar-refractivity contribution in [2.45, 2.75) is 38.8 Å². The number of allylic oxidation sites excluding steroid dienone is 1. The lowest BCUT2D eigenvalue weighted by Gasteiger charge is -2.26. The van der Waals surface area contributed by atoms with Crippen LogP contribution in [0.5, 0.6) is 0 Å². The average molecular weight is 244 g/mol. The highest BCUT2D eigenvalue weighted by Gasteiger charge is 2.52. The number of hydrogen-bond acceptors (Lipinski definition) is 0. The van der Waals surface area contributed by atoms with E-state index in [1.807, 2.05) is 24.3 Å². The molecule has 0 bridgehead atoms. The van der Waals surface area contributed by atoms with E-state index in [0.29, 0.717) is 6.42 Å². The average Bonchev–Trinajstić information content (AvgIpc) is 2.86. The van der Waals surface area contributed by atoms with Gasteiger partial charge in [-0.1, -0.05) is 43.8 Å². The predicted octanol–water partition coefficient (Wildman–Crippen LogP) is 4.71. The fraction of sp³-hybridized carbons (Fsp3) is 0.471. The molecule has 1 aromatic rings. The van der Waals surface area contributed by atoms with Gasteiger partial charge in [0.15, 0.2) is 0 Å². The van der Waals surface area contributed by atoms with E-state index in [4.69, 9.17) is 0 Å². The first-order valence-corrected chi connectivity index (χ1v) is 6.55. The van der Waals surface area contributed by atoms with Crippen LogP contribution in [0.2, 0.25) is 0 Å². The Hall–Kier alpha value is -1.33. The first-order valence-electron chi connectivity index (χ1n) is 6.55. The number of rotatable bonds is 5. The van der Waals surface area contributed by atoms with Crippen LogP contribution in [0.3, 0.4) is 0 Å². The van der Waals surface area contributed by atoms with Gasteiger partial charge in [0.1, 0.15) is 5.67 Å². The fourth-order valence-corrected chi connectivity index (χ4v) is 2.76. The molecule has 1 saturated carbocycles. The van der Waals surface area contributed by atoms with Gasteiger partial charge in [0.05, 0.1) is 0 Å². The van der Waals surface area contributed by atoms with Crippen LogP contribution in [0.25, 0.3) is 0 Å². The molecule has 0 aliphatic heterocycles. The standard InChI is InChI=1S/C17H21F/c1-4-10-16(2,12-15-13-17(15,3)18)11-14-8-6-5-7-9-14/h5-10,15H,1,11-13H2,2-3H3. The molecule has 3 atom stereocenters. The third-order valence-electron chi connectivity index (χ3n) is 3.95. The maximum atomic E-state index is 13.7. The second kappa shape index (κ2) is 4.74. The normalized spacial score (nSPS) is 29.2. The Morgan fingerprint density at radius 3 is 2.61 bits per heavy atom. The summed E-state index contributed by atoms with van der Waals surface area (Å²) in [7, 11) is 0. The molecule has 0 N–H and O–H groups in total. The van der Waals surface area contributed by atoms with Crippen LogP contribution >= 0.6 is 0 Å². The minimum absolute atomic E-state index is 0.0440. The van der Waals surface area contributed by atoms with Gasteiger partial charge in [-0.15, -0.1) is 5.73 Å². The summed E-state index contributed by atoms with van der Waals surface area (Å²) in [6.07, 6.45) is 4.50. The van der Waals surface area contributed by atoms with Gasteiger partial charge in [0, 0.05) is 0 Å². The molecule has 0 heterocycles. The van der Waals surface area contributed by atoms with Crippen LogP contribution in [0.4, 0.5) is 4.39 Å². The van der Waals surface area contributed by atoms with Crippen LogP contribution in [0.1, 0.15) is 32.3 Å². The molecule has 0 amide bonds. The van der Waals surface area contributed by atoms with E-state index in [1.54, 1.807) is 6.92 Å². The summed E-state index contributed by atoms with van der Waals surface area (Å²) in [5, 5.41) is 0. The highest BCUT2D eigenvalue weighted by atomic mass is 19.1. The van der Waals surface area contributed by atoms with Crippen LogP contribution in [-0.4, -0.2) is 5.67 Å². The Balaban J connectivity index is 2.09. The number of hydrogen-bond donors (Lipinski definition) is 0. The van der Waals surface area contributed by atoms with Crippen molar-refractivity contribution in [3.05, 3.63) is 54.3 Å². The van der Waals surface area contributed by atoms with E-state index in [-0.39, 0.29) is 11.3 Å². The number of halogens is 1. The summed E-state index contributed by atoms with van der Waals surface area (Å²) in [6.45, 7) is 7.56. The van der Waals surface area contributed by atoms with E-state index in [1.165, 1.54) is 5.56 Å². The van der Waals surface area contributed by atoms with Crippen molar-refractivity contribution >= 4 is 0 Å². The van der Waals surface area contributed by atoms with Crippen molar-refractivity contribution in [2.24, 2.45) is 11.3 Å². The van der Waals surface area contributed by atoms with Crippen molar-refractivity contribution in [1.82, 2.24) is 0 Å². The lowest BCUT2D eigenvalue weighted by molar-refractivity contribution is 0.266. The molecule has 1 aliphatic rings. The van der Waals surface area contributed by atoms with Gasteiger partial charge >= 0.3 is 0 Å². The maximum absolute atomic E-state index is 13.7. The van der Waals surface area contributed by atoms with Crippen LogP contribution in [0.15, 0.2) is 48.7 Å². The molecule has 3 unspecified atom stereocenters. The Morgan fingerprint density at radius 1 is 1.50 bits per heavy atom. The summed E-state index contributed by atoms with van der Waals surface area (Å²) < 4.78 is 13.7. The molecular weight excluding hydrogens is 223 g/mol. The minimum atomic E-state index is -0.951. The molecule has 2 rings (SSSR count). The van der Waals surface area contributed by atoms with Crippen molar-refractivity contribution in [1.29, 1.82) is 0 Å². The molecule has 0 nitrogen and oxygen atoms in total. The van der Waals surface area contributed by atoms with E-state index in [9.17, 15) is 4.39 Å². The first kappa shape index (κ1) is 13.1. The first-order chi connectivity index (χ1) is 8.45. The molecule has 18 heavy (non-hydrogen) atoms. The SMILES string of the molecule is C=C=CC(C)(Cc1ccccc1)CC1CC1(C)F. The highest BCUT2D eigenvalue weighted by Crippen LogP contribution is 2.53. The van der Waals surface area contributed by atoms with Crippen LogP contribution in [0, 0.1) is 11.3 Å². The summed E-state index contributed by atoms with van der Waals surface area (Å²) in [5.74, 6) is 0.191. The van der Waals surface area contributed by atoms with Crippen molar-refractivity contribution in [3.63, 3.8) is 0 Å². The summed E-state index contributed by atoms with van der Waals surface area (Å²) in [5.41, 5.74) is 3.18. The summed E-state index contributed by atoms with van der Waals surface area (Å²) in [4.78, 5) is 0. The topological polar surface area (TPSA) is 0 Å². The third-order valence-corrected chi connectivity index (χ3v) is 3.95. The maximum Gasteiger partial charge on any atom is 0.111 e. The van der Waals surface area contributed by atoms with Gasteiger partial charge < -0.3 is 0 Å². The molecule has 96 valence electrons. The lowest BCUT2D eigenvalue weighted by atomic mass is 9.78. The second-order valence-corrected chi connectivity index (χ2v) is 6.05. The quantitative estimate of drug-likeness (QED) is 0.658. The van der Waals surface area contributed by atoms with Gasteiger partial charge in [-0.05, 0) is 49.2 Å². The zero-order valence-corrected chi connectivity index (χ0v) is 11.2. The molecule has 1 aromatic carbocycles. The Kier molecular flexibility index (Phi) is 3.45. The van der Waals surface area contributed by atoms with Crippen molar-refractivity contribution in [3.8, 4) is 0 Å². The number of alkyl halides is 1.